The summed E-state index contributed by atoms with van der Waals surface area (Å²) in [6.07, 6.45) is 5.64. The summed E-state index contributed by atoms with van der Waals surface area (Å²) in [5.41, 5.74) is 5.09. The molecule has 4 nitrogen and oxygen atoms in total. The van der Waals surface area contributed by atoms with E-state index in [0.717, 1.165) is 27.9 Å². The van der Waals surface area contributed by atoms with Crippen molar-refractivity contribution in [2.24, 2.45) is 0 Å². The average molecular weight is 452 g/mol. The van der Waals surface area contributed by atoms with Gasteiger partial charge in [0, 0.05) is 63.5 Å². The molecule has 0 radical (unpaired) electrons. The second kappa shape index (κ2) is 8.99. The number of aromatic nitrogens is 2. The number of carbonyl (C=O) groups is 1. The molecule has 1 saturated heterocycles. The smallest absolute Gasteiger partial charge is 0.254 e. The number of amides is 1. The molecule has 0 saturated carbocycles. The van der Waals surface area contributed by atoms with Crippen molar-refractivity contribution >= 4 is 17.5 Å². The number of benzene rings is 1. The molecule has 1 aromatic carbocycles. The number of carbonyl (C=O) groups excluding carboxylic acids is 1. The molecule has 1 fully saturated rings. The predicted molar refractivity (Wildman–Crippen MR) is 127 cm³/mol. The Morgan fingerprint density at radius 3 is 2.59 bits per heavy atom. The van der Waals surface area contributed by atoms with Crippen molar-refractivity contribution in [2.45, 2.75) is 45.2 Å². The summed E-state index contributed by atoms with van der Waals surface area (Å²) in [6, 6.07) is 11.3. The molecule has 1 atom stereocenters. The lowest BCUT2D eigenvalue weighted by Crippen LogP contribution is -2.40. The number of halogens is 2. The molecular formula is C26H27ClFN3O. The fourth-order valence-corrected chi connectivity index (χ4v) is 4.23. The minimum absolute atomic E-state index is 0.0523. The van der Waals surface area contributed by atoms with Crippen LogP contribution in [-0.4, -0.2) is 40.0 Å². The number of likely N-dealkylation sites (tertiary alicyclic amines) is 1. The van der Waals surface area contributed by atoms with E-state index in [1.165, 1.54) is 0 Å². The van der Waals surface area contributed by atoms with Gasteiger partial charge in [-0.25, -0.2) is 4.39 Å². The Balaban J connectivity index is 1.62. The van der Waals surface area contributed by atoms with Crippen molar-refractivity contribution in [3.05, 3.63) is 71.3 Å². The monoisotopic (exact) mass is 451 g/mol. The van der Waals surface area contributed by atoms with Gasteiger partial charge in [-0.1, -0.05) is 38.4 Å². The summed E-state index contributed by atoms with van der Waals surface area (Å²) in [5, 5.41) is 0.466. The van der Waals surface area contributed by atoms with E-state index in [4.69, 9.17) is 11.6 Å². The van der Waals surface area contributed by atoms with E-state index < -0.39 is 6.17 Å². The molecule has 0 unspecified atom stereocenters. The first-order chi connectivity index (χ1) is 15.2. The maximum atomic E-state index is 13.7. The van der Waals surface area contributed by atoms with Gasteiger partial charge in [-0.3, -0.25) is 14.8 Å². The van der Waals surface area contributed by atoms with Gasteiger partial charge >= 0.3 is 0 Å². The van der Waals surface area contributed by atoms with E-state index in [1.54, 1.807) is 23.2 Å². The zero-order chi connectivity index (χ0) is 22.9. The van der Waals surface area contributed by atoms with Gasteiger partial charge in [0.1, 0.15) is 6.17 Å². The number of alkyl halides is 1. The quantitative estimate of drug-likeness (QED) is 0.467. The van der Waals surface area contributed by atoms with Crippen LogP contribution in [0.2, 0.25) is 5.02 Å². The Morgan fingerprint density at radius 2 is 1.88 bits per heavy atom. The van der Waals surface area contributed by atoms with Crippen LogP contribution in [-0.2, 0) is 5.41 Å². The Hall–Kier alpha value is -2.79. The van der Waals surface area contributed by atoms with Crippen LogP contribution >= 0.6 is 11.6 Å². The number of hydrogen-bond donors (Lipinski definition) is 0. The van der Waals surface area contributed by atoms with Crippen LogP contribution < -0.4 is 0 Å². The van der Waals surface area contributed by atoms with Crippen LogP contribution in [0.5, 0.6) is 0 Å². The maximum absolute atomic E-state index is 13.7. The van der Waals surface area contributed by atoms with E-state index in [-0.39, 0.29) is 17.9 Å². The second-order valence-corrected chi connectivity index (χ2v) is 9.73. The number of pyridine rings is 2. The lowest BCUT2D eigenvalue weighted by molar-refractivity contribution is 0.0636. The van der Waals surface area contributed by atoms with Crippen molar-refractivity contribution in [1.29, 1.82) is 0 Å². The average Bonchev–Trinajstić information content (AvgIpc) is 2.78. The maximum Gasteiger partial charge on any atom is 0.254 e. The highest BCUT2D eigenvalue weighted by Crippen LogP contribution is 2.32. The van der Waals surface area contributed by atoms with Crippen molar-refractivity contribution < 1.29 is 9.18 Å². The van der Waals surface area contributed by atoms with Gasteiger partial charge in [-0.15, -0.1) is 0 Å². The SMILES string of the molecule is CC(C)(C)c1cc(-c2cncc(-c3ccc(C(=O)N4CCC[C@@H](F)C4)cc3Cl)c2)ccn1. The normalized spacial score (nSPS) is 16.8. The number of rotatable bonds is 3. The lowest BCUT2D eigenvalue weighted by Gasteiger charge is -2.29. The number of piperidine rings is 1. The molecule has 0 aliphatic carbocycles. The summed E-state index contributed by atoms with van der Waals surface area (Å²) >= 11 is 6.58. The first-order valence-corrected chi connectivity index (χ1v) is 11.3. The molecule has 0 bridgehead atoms. The first kappa shape index (κ1) is 22.4. The molecule has 0 spiro atoms. The van der Waals surface area contributed by atoms with E-state index in [2.05, 4.69) is 36.8 Å². The molecule has 6 heteroatoms. The van der Waals surface area contributed by atoms with Gasteiger partial charge in [-0.05, 0) is 48.7 Å². The van der Waals surface area contributed by atoms with Crippen LogP contribution in [0.15, 0.2) is 55.0 Å². The van der Waals surface area contributed by atoms with Crippen LogP contribution in [0.3, 0.4) is 0 Å². The molecule has 1 aliphatic heterocycles. The Morgan fingerprint density at radius 1 is 1.09 bits per heavy atom. The van der Waals surface area contributed by atoms with Gasteiger partial charge in [0.15, 0.2) is 0 Å². The highest BCUT2D eigenvalue weighted by molar-refractivity contribution is 6.33. The van der Waals surface area contributed by atoms with Crippen LogP contribution in [0, 0.1) is 0 Å². The van der Waals surface area contributed by atoms with Gasteiger partial charge in [-0.2, -0.15) is 0 Å². The fourth-order valence-electron chi connectivity index (χ4n) is 3.94. The third kappa shape index (κ3) is 4.83. The van der Waals surface area contributed by atoms with E-state index in [0.29, 0.717) is 30.0 Å². The van der Waals surface area contributed by atoms with E-state index in [9.17, 15) is 9.18 Å². The van der Waals surface area contributed by atoms with Crippen LogP contribution in [0.25, 0.3) is 22.3 Å². The largest absolute Gasteiger partial charge is 0.336 e. The molecule has 32 heavy (non-hydrogen) atoms. The highest BCUT2D eigenvalue weighted by Gasteiger charge is 2.24. The molecular weight excluding hydrogens is 425 g/mol. The van der Waals surface area contributed by atoms with Crippen molar-refractivity contribution in [1.82, 2.24) is 14.9 Å². The zero-order valence-electron chi connectivity index (χ0n) is 18.6. The Kier molecular flexibility index (Phi) is 6.29. The Labute approximate surface area is 193 Å². The standard InChI is InChI=1S/C26H27ClFN3O/c1-26(2,3)24-13-17(8-9-30-24)19-11-20(15-29-14-19)22-7-6-18(12-23(22)27)25(32)31-10-4-5-21(28)16-31/h6-9,11-15,21H,4-5,10,16H2,1-3H3/t21-/m1/s1. The zero-order valence-corrected chi connectivity index (χ0v) is 19.4. The highest BCUT2D eigenvalue weighted by atomic mass is 35.5. The van der Waals surface area contributed by atoms with Crippen LogP contribution in [0.4, 0.5) is 4.39 Å². The molecule has 3 aromatic rings. The number of hydrogen-bond acceptors (Lipinski definition) is 3. The minimum atomic E-state index is -0.955. The summed E-state index contributed by atoms with van der Waals surface area (Å²) in [7, 11) is 0. The van der Waals surface area contributed by atoms with Crippen molar-refractivity contribution in [2.75, 3.05) is 13.1 Å². The molecule has 166 valence electrons. The predicted octanol–water partition coefficient (Wildman–Crippen LogP) is 6.34. The summed E-state index contributed by atoms with van der Waals surface area (Å²) in [5.74, 6) is -0.181. The summed E-state index contributed by atoms with van der Waals surface area (Å²) < 4.78 is 13.7. The van der Waals surface area contributed by atoms with E-state index >= 15 is 0 Å². The third-order valence-corrected chi connectivity index (χ3v) is 6.09. The summed E-state index contributed by atoms with van der Waals surface area (Å²) in [6.45, 7) is 7.12. The topological polar surface area (TPSA) is 46.1 Å². The van der Waals surface area contributed by atoms with Crippen molar-refractivity contribution in [3.8, 4) is 22.3 Å². The molecule has 0 N–H and O–H groups in total. The van der Waals surface area contributed by atoms with Gasteiger partial charge in [0.25, 0.3) is 5.91 Å². The molecule has 1 amide bonds. The van der Waals surface area contributed by atoms with E-state index in [1.807, 2.05) is 30.6 Å². The number of nitrogens with zero attached hydrogens (tertiary/aromatic N) is 3. The van der Waals surface area contributed by atoms with Crippen molar-refractivity contribution in [3.63, 3.8) is 0 Å². The van der Waals surface area contributed by atoms with Gasteiger partial charge in [0.2, 0.25) is 0 Å². The minimum Gasteiger partial charge on any atom is -0.336 e. The second-order valence-electron chi connectivity index (χ2n) is 9.33. The fraction of sp³-hybridized carbons (Fsp3) is 0.346. The molecule has 3 heterocycles. The van der Waals surface area contributed by atoms with Gasteiger partial charge < -0.3 is 4.90 Å². The molecule has 2 aromatic heterocycles. The summed E-state index contributed by atoms with van der Waals surface area (Å²) in [4.78, 5) is 23.3. The molecule has 4 rings (SSSR count). The Bertz CT molecular complexity index is 1140. The van der Waals surface area contributed by atoms with Crippen LogP contribution in [0.1, 0.15) is 49.7 Å². The third-order valence-electron chi connectivity index (χ3n) is 5.78. The lowest BCUT2D eigenvalue weighted by atomic mass is 9.90. The van der Waals surface area contributed by atoms with Gasteiger partial charge in [0.05, 0.1) is 6.54 Å². The molecule has 1 aliphatic rings. The first-order valence-electron chi connectivity index (χ1n) is 10.9.